The first-order valence-electron chi connectivity index (χ1n) is 2.42. The van der Waals surface area contributed by atoms with Crippen LogP contribution in [0.3, 0.4) is 0 Å². The monoisotopic (exact) mass is 169 g/mol. The van der Waals surface area contributed by atoms with Gasteiger partial charge in [0.05, 0.1) is 0 Å². The number of carbonyl (C=O) groups excluding carboxylic acids is 1. The third-order valence-electron chi connectivity index (χ3n) is 0.988. The number of hydrogen-bond donors (Lipinski definition) is 1. The topological polar surface area (TPSA) is 52.2 Å². The molecule has 1 fully saturated rings. The summed E-state index contributed by atoms with van der Waals surface area (Å²) >= 11 is -1.19. The zero-order valence-corrected chi connectivity index (χ0v) is 6.39. The second-order valence-corrected chi connectivity index (χ2v) is 3.15. The van der Waals surface area contributed by atoms with Crippen molar-refractivity contribution in [2.75, 3.05) is 18.8 Å². The molecule has 1 rings (SSSR count). The molecule has 0 spiro atoms. The van der Waals surface area contributed by atoms with Crippen molar-refractivity contribution in [3.63, 3.8) is 0 Å². The van der Waals surface area contributed by atoms with Crippen LogP contribution in [0.15, 0.2) is 0 Å². The van der Waals surface area contributed by atoms with Gasteiger partial charge in [0, 0.05) is 17.7 Å². The van der Waals surface area contributed by atoms with Gasteiger partial charge in [-0.15, -0.1) is 12.4 Å². The Morgan fingerprint density at radius 2 is 2.33 bits per heavy atom. The summed E-state index contributed by atoms with van der Waals surface area (Å²) < 4.78 is 10.5. The SMILES string of the molecule is Cl.O=C1CNCC[S+]1[O-]. The van der Waals surface area contributed by atoms with Crippen LogP contribution in [-0.4, -0.2) is 28.5 Å². The molecule has 9 heavy (non-hydrogen) atoms. The van der Waals surface area contributed by atoms with Crippen LogP contribution in [-0.2, 0) is 16.0 Å². The van der Waals surface area contributed by atoms with Crippen LogP contribution in [0.25, 0.3) is 0 Å². The Labute approximate surface area is 62.8 Å². The predicted molar refractivity (Wildman–Crippen MR) is 38.1 cm³/mol. The van der Waals surface area contributed by atoms with Crippen LogP contribution in [0.1, 0.15) is 0 Å². The summed E-state index contributed by atoms with van der Waals surface area (Å²) in [4.78, 5) is 10.4. The van der Waals surface area contributed by atoms with Crippen LogP contribution in [0, 0.1) is 0 Å². The largest absolute Gasteiger partial charge is 0.609 e. The van der Waals surface area contributed by atoms with E-state index in [9.17, 15) is 9.35 Å². The lowest BCUT2D eigenvalue weighted by Gasteiger charge is -2.13. The molecule has 54 valence electrons. The van der Waals surface area contributed by atoms with E-state index in [1.807, 2.05) is 0 Å². The zero-order valence-electron chi connectivity index (χ0n) is 4.75. The first kappa shape index (κ1) is 9.23. The third kappa shape index (κ3) is 2.53. The van der Waals surface area contributed by atoms with Gasteiger partial charge in [0.1, 0.15) is 12.3 Å². The maximum atomic E-state index is 10.5. The molecule has 0 aromatic carbocycles. The van der Waals surface area contributed by atoms with Crippen molar-refractivity contribution in [2.45, 2.75) is 0 Å². The zero-order chi connectivity index (χ0) is 5.98. The van der Waals surface area contributed by atoms with E-state index in [2.05, 4.69) is 5.32 Å². The lowest BCUT2D eigenvalue weighted by Crippen LogP contribution is -2.40. The molecule has 1 saturated heterocycles. The van der Waals surface area contributed by atoms with E-state index < -0.39 is 11.2 Å². The standard InChI is InChI=1S/C4H7NO2S.ClH/c6-4-3-5-1-2-8(4)7;/h5H,1-3H2;1H. The summed E-state index contributed by atoms with van der Waals surface area (Å²) in [6.45, 7) is 0.991. The van der Waals surface area contributed by atoms with Crippen molar-refractivity contribution in [2.24, 2.45) is 0 Å². The molecular weight excluding hydrogens is 162 g/mol. The van der Waals surface area contributed by atoms with Gasteiger partial charge in [0.25, 0.3) is 0 Å². The molecule has 0 radical (unpaired) electrons. The van der Waals surface area contributed by atoms with E-state index in [1.165, 1.54) is 0 Å². The summed E-state index contributed by atoms with van der Waals surface area (Å²) in [5.41, 5.74) is 0. The van der Waals surface area contributed by atoms with Gasteiger partial charge in [-0.3, -0.25) is 0 Å². The molecule has 3 nitrogen and oxygen atoms in total. The molecule has 0 aromatic heterocycles. The van der Waals surface area contributed by atoms with E-state index in [0.29, 0.717) is 12.3 Å². The molecule has 1 heterocycles. The molecule has 0 bridgehead atoms. The minimum absolute atomic E-state index is 0. The highest BCUT2D eigenvalue weighted by Gasteiger charge is 2.21. The van der Waals surface area contributed by atoms with Gasteiger partial charge in [0.15, 0.2) is 0 Å². The maximum Gasteiger partial charge on any atom is 0.342 e. The molecule has 1 aliphatic rings. The molecule has 0 amide bonds. The van der Waals surface area contributed by atoms with Gasteiger partial charge in [-0.2, -0.15) is 0 Å². The molecule has 1 atom stereocenters. The van der Waals surface area contributed by atoms with Crippen LogP contribution in [0.4, 0.5) is 0 Å². The highest BCUT2D eigenvalue weighted by Crippen LogP contribution is 1.94. The summed E-state index contributed by atoms with van der Waals surface area (Å²) in [7, 11) is 0. The lowest BCUT2D eigenvalue weighted by molar-refractivity contribution is -0.111. The summed E-state index contributed by atoms with van der Waals surface area (Å²) in [5.74, 6) is 0.485. The summed E-state index contributed by atoms with van der Waals surface area (Å²) in [6, 6.07) is 0. The molecule has 5 heteroatoms. The molecule has 0 aromatic rings. The number of carbonyl (C=O) groups is 1. The van der Waals surface area contributed by atoms with Gasteiger partial charge < -0.3 is 9.87 Å². The van der Waals surface area contributed by atoms with Gasteiger partial charge in [0.2, 0.25) is 0 Å². The van der Waals surface area contributed by atoms with E-state index in [-0.39, 0.29) is 24.1 Å². The quantitative estimate of drug-likeness (QED) is 0.488. The second-order valence-electron chi connectivity index (χ2n) is 1.60. The van der Waals surface area contributed by atoms with Gasteiger partial charge in [-0.25, -0.2) is 4.79 Å². The Morgan fingerprint density at radius 3 is 2.67 bits per heavy atom. The van der Waals surface area contributed by atoms with Crippen molar-refractivity contribution < 1.29 is 9.35 Å². The maximum absolute atomic E-state index is 10.5. The number of hydrogen-bond acceptors (Lipinski definition) is 3. The van der Waals surface area contributed by atoms with Crippen molar-refractivity contribution in [3.8, 4) is 0 Å². The third-order valence-corrected chi connectivity index (χ3v) is 2.21. The number of halogens is 1. The van der Waals surface area contributed by atoms with Crippen molar-refractivity contribution in [3.05, 3.63) is 0 Å². The summed E-state index contributed by atoms with van der Waals surface area (Å²) in [5, 5.41) is 2.65. The predicted octanol–water partition coefficient (Wildman–Crippen LogP) is -0.713. The van der Waals surface area contributed by atoms with Crippen molar-refractivity contribution in [1.29, 1.82) is 0 Å². The van der Waals surface area contributed by atoms with E-state index in [0.717, 1.165) is 0 Å². The van der Waals surface area contributed by atoms with Gasteiger partial charge in [-0.05, 0) is 0 Å². The molecule has 0 saturated carbocycles. The van der Waals surface area contributed by atoms with Crippen molar-refractivity contribution in [1.82, 2.24) is 5.32 Å². The number of nitrogens with one attached hydrogen (secondary N) is 1. The Bertz CT molecular complexity index is 111. The minimum atomic E-state index is -1.19. The molecule has 0 aliphatic carbocycles. The lowest BCUT2D eigenvalue weighted by atomic mass is 10.6. The van der Waals surface area contributed by atoms with Crippen LogP contribution >= 0.6 is 12.4 Å². The Hall–Kier alpha value is 0.230. The Kier molecular flexibility index (Phi) is 4.22. The van der Waals surface area contributed by atoms with E-state index in [4.69, 9.17) is 0 Å². The first-order valence-corrected chi connectivity index (χ1v) is 3.74. The smallest absolute Gasteiger partial charge is 0.342 e. The molecule has 1 N–H and O–H groups in total. The molecular formula is C4H8ClNO2S. The molecule has 1 aliphatic heterocycles. The normalized spacial score (nSPS) is 27.2. The van der Waals surface area contributed by atoms with Crippen LogP contribution < -0.4 is 5.32 Å². The van der Waals surface area contributed by atoms with Crippen LogP contribution in [0.2, 0.25) is 0 Å². The highest BCUT2D eigenvalue weighted by atomic mass is 35.5. The first-order chi connectivity index (χ1) is 3.80. The Morgan fingerprint density at radius 1 is 1.67 bits per heavy atom. The van der Waals surface area contributed by atoms with Gasteiger partial charge >= 0.3 is 5.12 Å². The highest BCUT2D eigenvalue weighted by molar-refractivity contribution is 8.06. The average Bonchev–Trinajstić information content (AvgIpc) is 1.77. The molecule has 1 unspecified atom stereocenters. The summed E-state index contributed by atoms with van der Waals surface area (Å²) in [6.07, 6.45) is 0. The van der Waals surface area contributed by atoms with Gasteiger partial charge in [-0.1, -0.05) is 0 Å². The average molecular weight is 170 g/mol. The van der Waals surface area contributed by atoms with E-state index in [1.54, 1.807) is 0 Å². The Balaban J connectivity index is 0.000000640. The van der Waals surface area contributed by atoms with Crippen molar-refractivity contribution >= 4 is 28.7 Å². The van der Waals surface area contributed by atoms with E-state index >= 15 is 0 Å². The fourth-order valence-corrected chi connectivity index (χ4v) is 1.37. The minimum Gasteiger partial charge on any atom is -0.609 e. The second kappa shape index (κ2) is 4.11. The number of rotatable bonds is 0. The fraction of sp³-hybridized carbons (Fsp3) is 0.750. The van der Waals surface area contributed by atoms with Crippen LogP contribution in [0.5, 0.6) is 0 Å². The fourth-order valence-electron chi connectivity index (χ4n) is 0.550.